The Balaban J connectivity index is 2.51. The molecule has 1 nitrogen and oxygen atoms in total. The molecule has 0 amide bonds. The molecule has 0 saturated heterocycles. The minimum absolute atomic E-state index is 0.436. The monoisotopic (exact) mass is 184 g/mol. The number of hydrogen-bond donors (Lipinski definition) is 0. The molecule has 1 fully saturated rings. The van der Waals surface area contributed by atoms with Gasteiger partial charge in [0.2, 0.25) is 0 Å². The van der Waals surface area contributed by atoms with E-state index in [0.29, 0.717) is 11.3 Å². The third-order valence-corrected chi connectivity index (χ3v) is 4.60. The molecule has 1 aliphatic rings. The summed E-state index contributed by atoms with van der Waals surface area (Å²) in [4.78, 5) is 11.9. The molecule has 0 spiro atoms. The van der Waals surface area contributed by atoms with Crippen LogP contribution in [0.3, 0.4) is 0 Å². The lowest BCUT2D eigenvalue weighted by Gasteiger charge is -2.26. The maximum absolute atomic E-state index is 11.9. The number of carbonyl (C=O) groups excluding carboxylic acids is 1. The highest BCUT2D eigenvalue weighted by Crippen LogP contribution is 2.27. The van der Waals surface area contributed by atoms with Gasteiger partial charge in [-0.25, -0.2) is 0 Å². The lowest BCUT2D eigenvalue weighted by molar-refractivity contribution is -0.117. The van der Waals surface area contributed by atoms with Gasteiger partial charge in [-0.05, 0) is 12.8 Å². The molecular weight excluding hydrogens is 164 g/mol. The Labute approximate surface area is 76.6 Å². The summed E-state index contributed by atoms with van der Waals surface area (Å²) in [6, 6.07) is 0. The van der Waals surface area contributed by atoms with Crippen LogP contribution in [0.5, 0.6) is 0 Å². The summed E-state index contributed by atoms with van der Waals surface area (Å²) in [6.07, 6.45) is 6.24. The fourth-order valence-electron chi connectivity index (χ4n) is 1.98. The highest BCUT2D eigenvalue weighted by atomic mass is 28.3. The number of hydrogen-bond acceptors (Lipinski definition) is 1. The maximum atomic E-state index is 11.9. The predicted octanol–water partition coefficient (Wildman–Crippen LogP) is 3.01. The van der Waals surface area contributed by atoms with E-state index in [-0.39, 0.29) is 0 Å². The van der Waals surface area contributed by atoms with Gasteiger partial charge < -0.3 is 4.79 Å². The fourth-order valence-corrected chi connectivity index (χ4v) is 3.49. The zero-order valence-corrected chi connectivity index (χ0v) is 9.52. The summed E-state index contributed by atoms with van der Waals surface area (Å²) >= 11 is 0. The van der Waals surface area contributed by atoms with Crippen LogP contribution in [0.2, 0.25) is 19.6 Å². The largest absolute Gasteiger partial charge is 0.305 e. The molecular formula is C10H20OSi. The minimum atomic E-state index is -1.49. The molecule has 0 heterocycles. The first-order chi connectivity index (χ1) is 5.52. The first-order valence-electron chi connectivity index (χ1n) is 5.06. The Hall–Kier alpha value is -0.113. The van der Waals surface area contributed by atoms with Gasteiger partial charge in [-0.2, -0.15) is 0 Å². The van der Waals surface area contributed by atoms with Crippen molar-refractivity contribution in [2.45, 2.75) is 51.7 Å². The second-order valence-electron chi connectivity index (χ2n) is 4.95. The van der Waals surface area contributed by atoms with E-state index in [2.05, 4.69) is 19.6 Å². The van der Waals surface area contributed by atoms with Crippen molar-refractivity contribution in [1.82, 2.24) is 0 Å². The molecule has 70 valence electrons. The van der Waals surface area contributed by atoms with Gasteiger partial charge in [-0.3, -0.25) is 0 Å². The van der Waals surface area contributed by atoms with Crippen LogP contribution in [0.15, 0.2) is 0 Å². The van der Waals surface area contributed by atoms with Crippen LogP contribution in [0.1, 0.15) is 32.1 Å². The van der Waals surface area contributed by atoms with Crippen molar-refractivity contribution in [2.75, 3.05) is 0 Å². The smallest absolute Gasteiger partial charge is 0.124 e. The number of carbonyl (C=O) groups is 1. The van der Waals surface area contributed by atoms with E-state index in [0.717, 1.165) is 0 Å². The Kier molecular flexibility index (Phi) is 3.10. The Bertz CT molecular complexity index is 163. The highest BCUT2D eigenvalue weighted by molar-refractivity contribution is 7.03. The van der Waals surface area contributed by atoms with E-state index in [1.807, 2.05) is 0 Å². The highest BCUT2D eigenvalue weighted by Gasteiger charge is 2.31. The van der Waals surface area contributed by atoms with E-state index in [1.165, 1.54) is 32.1 Å². The van der Waals surface area contributed by atoms with Gasteiger partial charge in [0.1, 0.15) is 13.5 Å². The van der Waals surface area contributed by atoms with E-state index in [4.69, 9.17) is 0 Å². The molecule has 1 saturated carbocycles. The van der Waals surface area contributed by atoms with Crippen molar-refractivity contribution in [3.05, 3.63) is 0 Å². The molecule has 1 aliphatic carbocycles. The third kappa shape index (κ3) is 2.44. The second kappa shape index (κ2) is 3.73. The van der Waals surface area contributed by atoms with Crippen LogP contribution >= 0.6 is 0 Å². The van der Waals surface area contributed by atoms with Crippen LogP contribution in [0, 0.1) is 5.92 Å². The quantitative estimate of drug-likeness (QED) is 0.603. The molecule has 0 bridgehead atoms. The summed E-state index contributed by atoms with van der Waals surface area (Å²) in [6.45, 7) is 6.51. The molecule has 1 rings (SSSR count). The molecule has 0 radical (unpaired) electrons. The molecule has 0 unspecified atom stereocenters. The molecule has 0 atom stereocenters. The van der Waals surface area contributed by atoms with Crippen molar-refractivity contribution in [3.8, 4) is 0 Å². The van der Waals surface area contributed by atoms with Crippen LogP contribution in [0.25, 0.3) is 0 Å². The third-order valence-electron chi connectivity index (χ3n) is 2.72. The van der Waals surface area contributed by atoms with Crippen LogP contribution in [-0.4, -0.2) is 13.5 Å². The van der Waals surface area contributed by atoms with Gasteiger partial charge in [0.15, 0.2) is 0 Å². The zero-order valence-electron chi connectivity index (χ0n) is 8.52. The molecule has 0 aromatic heterocycles. The fraction of sp³-hybridized carbons (Fsp3) is 0.900. The maximum Gasteiger partial charge on any atom is 0.124 e. The average Bonchev–Trinajstić information content (AvgIpc) is 2.03. The molecule has 2 heteroatoms. The van der Waals surface area contributed by atoms with Gasteiger partial charge in [0, 0.05) is 5.92 Å². The van der Waals surface area contributed by atoms with E-state index in [1.54, 1.807) is 0 Å². The molecule has 0 aromatic carbocycles. The first kappa shape index (κ1) is 9.97. The molecule has 0 aromatic rings. The average molecular weight is 184 g/mol. The SMILES string of the molecule is C[Si](C)(C)C(=O)C1CCCCC1. The summed E-state index contributed by atoms with van der Waals surface area (Å²) in [5.41, 5.74) is 0. The molecule has 12 heavy (non-hydrogen) atoms. The summed E-state index contributed by atoms with van der Waals surface area (Å²) in [5, 5.41) is 0.613. The lowest BCUT2D eigenvalue weighted by Crippen LogP contribution is -2.39. The van der Waals surface area contributed by atoms with Gasteiger partial charge in [-0.15, -0.1) is 0 Å². The first-order valence-corrected chi connectivity index (χ1v) is 8.56. The summed E-state index contributed by atoms with van der Waals surface area (Å²) < 4.78 is 0. The van der Waals surface area contributed by atoms with Crippen LogP contribution in [0.4, 0.5) is 0 Å². The van der Waals surface area contributed by atoms with Crippen molar-refractivity contribution in [3.63, 3.8) is 0 Å². The lowest BCUT2D eigenvalue weighted by atomic mass is 9.90. The summed E-state index contributed by atoms with van der Waals surface area (Å²) in [5.74, 6) is 0.436. The Morgan fingerprint density at radius 2 is 1.58 bits per heavy atom. The summed E-state index contributed by atoms with van der Waals surface area (Å²) in [7, 11) is -1.49. The minimum Gasteiger partial charge on any atom is -0.305 e. The topological polar surface area (TPSA) is 17.1 Å². The standard InChI is InChI=1S/C10H20OSi/c1-12(2,3)10(11)9-7-5-4-6-8-9/h9H,4-8H2,1-3H3. The number of rotatable bonds is 2. The molecule has 0 aliphatic heterocycles. The molecule has 0 N–H and O–H groups in total. The van der Waals surface area contributed by atoms with Crippen molar-refractivity contribution >= 4 is 13.5 Å². The Morgan fingerprint density at radius 1 is 1.08 bits per heavy atom. The van der Waals surface area contributed by atoms with E-state index < -0.39 is 8.07 Å². The van der Waals surface area contributed by atoms with Crippen LogP contribution < -0.4 is 0 Å². The van der Waals surface area contributed by atoms with Crippen molar-refractivity contribution in [2.24, 2.45) is 5.92 Å². The predicted molar refractivity (Wildman–Crippen MR) is 54.9 cm³/mol. The second-order valence-corrected chi connectivity index (χ2v) is 9.94. The normalized spacial score (nSPS) is 20.9. The van der Waals surface area contributed by atoms with Crippen molar-refractivity contribution in [1.29, 1.82) is 0 Å². The van der Waals surface area contributed by atoms with Gasteiger partial charge in [-0.1, -0.05) is 38.9 Å². The van der Waals surface area contributed by atoms with Crippen LogP contribution in [-0.2, 0) is 4.79 Å². The van der Waals surface area contributed by atoms with Gasteiger partial charge in [0.05, 0.1) is 0 Å². The van der Waals surface area contributed by atoms with E-state index in [9.17, 15) is 4.79 Å². The van der Waals surface area contributed by atoms with Gasteiger partial charge in [0.25, 0.3) is 0 Å². The Morgan fingerprint density at radius 3 is 2.00 bits per heavy atom. The van der Waals surface area contributed by atoms with E-state index >= 15 is 0 Å². The van der Waals surface area contributed by atoms with Gasteiger partial charge >= 0.3 is 0 Å². The zero-order chi connectivity index (χ0) is 9.19. The van der Waals surface area contributed by atoms with Crippen molar-refractivity contribution < 1.29 is 4.79 Å².